The number of hydrogen-bond donors (Lipinski definition) is 1. The molecule has 0 aliphatic carbocycles. The molecular formula is C17H26F2N2. The second kappa shape index (κ2) is 7.32. The number of nitrogens with zero attached hydrogens (tertiary/aromatic N) is 1. The van der Waals surface area contributed by atoms with E-state index in [0.717, 1.165) is 31.5 Å². The van der Waals surface area contributed by atoms with Crippen molar-refractivity contribution in [3.63, 3.8) is 0 Å². The summed E-state index contributed by atoms with van der Waals surface area (Å²) in [6, 6.07) is 5.16. The average molecular weight is 296 g/mol. The minimum Gasteiger partial charge on any atom is -0.311 e. The van der Waals surface area contributed by atoms with Crippen LogP contribution in [0.25, 0.3) is 0 Å². The monoisotopic (exact) mass is 296 g/mol. The van der Waals surface area contributed by atoms with Crippen LogP contribution in [0.5, 0.6) is 0 Å². The summed E-state index contributed by atoms with van der Waals surface area (Å²) in [5, 5.41) is 3.63. The molecule has 1 N–H and O–H groups in total. The zero-order chi connectivity index (χ0) is 15.4. The summed E-state index contributed by atoms with van der Waals surface area (Å²) in [5.41, 5.74) is 0.845. The van der Waals surface area contributed by atoms with Gasteiger partial charge in [0.05, 0.1) is 0 Å². The van der Waals surface area contributed by atoms with Crippen LogP contribution in [-0.4, -0.2) is 30.1 Å². The Labute approximate surface area is 126 Å². The van der Waals surface area contributed by atoms with Gasteiger partial charge in [-0.1, -0.05) is 33.3 Å². The first-order chi connectivity index (χ1) is 10.0. The van der Waals surface area contributed by atoms with Gasteiger partial charge in [-0.2, -0.15) is 0 Å². The molecule has 0 spiro atoms. The molecule has 0 aromatic heterocycles. The number of halogens is 2. The normalized spacial score (nSPS) is 25.0. The summed E-state index contributed by atoms with van der Waals surface area (Å²) in [6.45, 7) is 9.26. The van der Waals surface area contributed by atoms with E-state index in [0.29, 0.717) is 24.5 Å². The van der Waals surface area contributed by atoms with Crippen LogP contribution >= 0.6 is 0 Å². The highest BCUT2D eigenvalue weighted by atomic mass is 19.2. The number of nitrogens with one attached hydrogen (secondary N) is 1. The fourth-order valence-corrected chi connectivity index (χ4v) is 3.02. The minimum atomic E-state index is -0.774. The molecule has 1 saturated heterocycles. The van der Waals surface area contributed by atoms with Gasteiger partial charge in [0.1, 0.15) is 0 Å². The van der Waals surface area contributed by atoms with Crippen molar-refractivity contribution in [2.45, 2.75) is 52.2 Å². The first kappa shape index (κ1) is 16.4. The minimum absolute atomic E-state index is 0.457. The molecule has 3 unspecified atom stereocenters. The molecule has 4 heteroatoms. The molecular weight excluding hydrogens is 270 g/mol. The molecule has 1 fully saturated rings. The zero-order valence-corrected chi connectivity index (χ0v) is 13.2. The number of rotatable bonds is 5. The fraction of sp³-hybridized carbons (Fsp3) is 0.647. The van der Waals surface area contributed by atoms with E-state index in [9.17, 15) is 8.78 Å². The van der Waals surface area contributed by atoms with E-state index in [2.05, 4.69) is 31.0 Å². The van der Waals surface area contributed by atoms with E-state index in [1.54, 1.807) is 6.07 Å². The molecule has 1 heterocycles. The van der Waals surface area contributed by atoms with Crippen molar-refractivity contribution in [1.29, 1.82) is 0 Å². The molecule has 1 aliphatic heterocycles. The topological polar surface area (TPSA) is 15.3 Å². The molecule has 1 aliphatic rings. The Morgan fingerprint density at radius 2 is 2.05 bits per heavy atom. The zero-order valence-electron chi connectivity index (χ0n) is 13.2. The van der Waals surface area contributed by atoms with Gasteiger partial charge in [0.15, 0.2) is 11.6 Å². The van der Waals surface area contributed by atoms with Gasteiger partial charge in [-0.05, 0) is 30.0 Å². The van der Waals surface area contributed by atoms with Crippen LogP contribution in [-0.2, 0) is 6.54 Å². The van der Waals surface area contributed by atoms with E-state index in [4.69, 9.17) is 0 Å². The lowest BCUT2D eigenvalue weighted by Crippen LogP contribution is -2.57. The Hall–Kier alpha value is -1.00. The smallest absolute Gasteiger partial charge is 0.159 e. The van der Waals surface area contributed by atoms with Crippen LogP contribution in [0.2, 0.25) is 0 Å². The fourth-order valence-electron chi connectivity index (χ4n) is 3.02. The van der Waals surface area contributed by atoms with Crippen LogP contribution in [0.1, 0.15) is 39.2 Å². The second-order valence-corrected chi connectivity index (χ2v) is 6.14. The van der Waals surface area contributed by atoms with E-state index >= 15 is 0 Å². The van der Waals surface area contributed by atoms with E-state index in [-0.39, 0.29) is 0 Å². The van der Waals surface area contributed by atoms with Crippen molar-refractivity contribution < 1.29 is 8.78 Å². The first-order valence-corrected chi connectivity index (χ1v) is 7.96. The van der Waals surface area contributed by atoms with Gasteiger partial charge in [-0.3, -0.25) is 4.90 Å². The van der Waals surface area contributed by atoms with Gasteiger partial charge in [-0.25, -0.2) is 8.78 Å². The van der Waals surface area contributed by atoms with Gasteiger partial charge in [-0.15, -0.1) is 0 Å². The summed E-state index contributed by atoms with van der Waals surface area (Å²) in [6.07, 6.45) is 2.21. The van der Waals surface area contributed by atoms with Crippen molar-refractivity contribution in [2.24, 2.45) is 5.92 Å². The van der Waals surface area contributed by atoms with E-state index in [1.165, 1.54) is 12.1 Å². The van der Waals surface area contributed by atoms with Crippen LogP contribution < -0.4 is 5.32 Å². The summed E-state index contributed by atoms with van der Waals surface area (Å²) in [7, 11) is 0. The summed E-state index contributed by atoms with van der Waals surface area (Å²) < 4.78 is 26.4. The average Bonchev–Trinajstić information content (AvgIpc) is 2.50. The van der Waals surface area contributed by atoms with Gasteiger partial charge in [0.25, 0.3) is 0 Å². The van der Waals surface area contributed by atoms with Gasteiger partial charge in [0, 0.05) is 31.7 Å². The van der Waals surface area contributed by atoms with E-state index < -0.39 is 11.6 Å². The van der Waals surface area contributed by atoms with Crippen molar-refractivity contribution in [3.05, 3.63) is 35.4 Å². The van der Waals surface area contributed by atoms with Gasteiger partial charge >= 0.3 is 0 Å². The molecule has 2 nitrogen and oxygen atoms in total. The highest BCUT2D eigenvalue weighted by molar-refractivity contribution is 5.18. The predicted octanol–water partition coefficient (Wildman–Crippen LogP) is 3.56. The van der Waals surface area contributed by atoms with Crippen LogP contribution in [0, 0.1) is 17.6 Å². The van der Waals surface area contributed by atoms with E-state index in [1.807, 2.05) is 0 Å². The first-order valence-electron chi connectivity index (χ1n) is 7.96. The van der Waals surface area contributed by atoms with Crippen LogP contribution in [0.4, 0.5) is 8.78 Å². The molecule has 118 valence electrons. The predicted molar refractivity (Wildman–Crippen MR) is 82.1 cm³/mol. The van der Waals surface area contributed by atoms with Crippen LogP contribution in [0.3, 0.4) is 0 Å². The molecule has 0 radical (unpaired) electrons. The number of hydrogen-bond acceptors (Lipinski definition) is 2. The second-order valence-electron chi connectivity index (χ2n) is 6.14. The van der Waals surface area contributed by atoms with Crippen molar-refractivity contribution >= 4 is 0 Å². The van der Waals surface area contributed by atoms with Crippen LogP contribution in [0.15, 0.2) is 18.2 Å². The van der Waals surface area contributed by atoms with Gasteiger partial charge in [0.2, 0.25) is 0 Å². The third-order valence-electron chi connectivity index (χ3n) is 4.74. The third-order valence-corrected chi connectivity index (χ3v) is 4.74. The highest BCUT2D eigenvalue weighted by Gasteiger charge is 2.29. The van der Waals surface area contributed by atoms with Crippen molar-refractivity contribution in [3.8, 4) is 0 Å². The molecule has 2 rings (SSSR count). The molecule has 21 heavy (non-hydrogen) atoms. The third kappa shape index (κ3) is 4.01. The Morgan fingerprint density at radius 1 is 1.29 bits per heavy atom. The summed E-state index contributed by atoms with van der Waals surface area (Å²) in [4.78, 5) is 2.40. The SMILES string of the molecule is CCC(C)C1CN(Cc2ccc(F)c(F)c2)C(CC)CN1. The highest BCUT2D eigenvalue weighted by Crippen LogP contribution is 2.20. The van der Waals surface area contributed by atoms with Crippen molar-refractivity contribution in [1.82, 2.24) is 10.2 Å². The maximum atomic E-state index is 13.4. The molecule has 0 amide bonds. The van der Waals surface area contributed by atoms with Gasteiger partial charge < -0.3 is 5.32 Å². The van der Waals surface area contributed by atoms with Crippen molar-refractivity contribution in [2.75, 3.05) is 13.1 Å². The largest absolute Gasteiger partial charge is 0.311 e. The lowest BCUT2D eigenvalue weighted by Gasteiger charge is -2.42. The summed E-state index contributed by atoms with van der Waals surface area (Å²) in [5.74, 6) is -0.909. The molecule has 1 aromatic rings. The Morgan fingerprint density at radius 3 is 2.67 bits per heavy atom. The summed E-state index contributed by atoms with van der Waals surface area (Å²) >= 11 is 0. The molecule has 0 saturated carbocycles. The molecule has 1 aromatic carbocycles. The number of piperazine rings is 1. The molecule has 3 atom stereocenters. The Bertz CT molecular complexity index is 464. The lowest BCUT2D eigenvalue weighted by molar-refractivity contribution is 0.0992. The number of benzene rings is 1. The lowest BCUT2D eigenvalue weighted by atomic mass is 9.94. The maximum Gasteiger partial charge on any atom is 0.159 e. The Kier molecular flexibility index (Phi) is 5.71. The Balaban J connectivity index is 2.08. The maximum absolute atomic E-state index is 13.4. The standard InChI is InChI=1S/C17H26F2N2/c1-4-12(3)17-11-21(14(5-2)9-20-17)10-13-6-7-15(18)16(19)8-13/h6-8,12,14,17,20H,4-5,9-11H2,1-3H3. The molecule has 0 bridgehead atoms. The quantitative estimate of drug-likeness (QED) is 0.893.